The van der Waals surface area contributed by atoms with E-state index < -0.39 is 9.84 Å². The van der Waals surface area contributed by atoms with Gasteiger partial charge in [0.15, 0.2) is 11.5 Å². The van der Waals surface area contributed by atoms with Crippen molar-refractivity contribution in [2.24, 2.45) is 0 Å². The zero-order valence-corrected chi connectivity index (χ0v) is 9.79. The number of rotatable bonds is 2. The molecule has 0 atom stereocenters. The number of ketones is 1. The Balaban J connectivity index is 2.20. The van der Waals surface area contributed by atoms with Crippen molar-refractivity contribution in [2.45, 2.75) is 25.7 Å². The maximum absolute atomic E-state index is 11.3. The van der Waals surface area contributed by atoms with Crippen LogP contribution in [0.2, 0.25) is 0 Å². The van der Waals surface area contributed by atoms with Gasteiger partial charge in [0.05, 0.1) is 23.3 Å². The number of carbonyl (C=O) groups is 1. The zero-order chi connectivity index (χ0) is 11.8. The highest BCUT2D eigenvalue weighted by Crippen LogP contribution is 2.31. The van der Waals surface area contributed by atoms with E-state index in [9.17, 15) is 13.2 Å². The normalized spacial score (nSPS) is 20.8. The lowest BCUT2D eigenvalue weighted by Gasteiger charge is -2.19. The molecule has 0 N–H and O–H groups in total. The Morgan fingerprint density at radius 3 is 2.62 bits per heavy atom. The summed E-state index contributed by atoms with van der Waals surface area (Å²) >= 11 is 0. The number of hydrogen-bond acceptors (Lipinski definition) is 5. The fourth-order valence-corrected chi connectivity index (χ4v) is 3.45. The average molecular weight is 243 g/mol. The van der Waals surface area contributed by atoms with Gasteiger partial charge in [-0.15, -0.1) is 0 Å². The fourth-order valence-electron chi connectivity index (χ4n) is 1.96. The van der Waals surface area contributed by atoms with E-state index in [4.69, 9.17) is 4.52 Å². The van der Waals surface area contributed by atoms with E-state index in [0.29, 0.717) is 24.2 Å². The smallest absolute Gasteiger partial charge is 0.164 e. The minimum absolute atomic E-state index is 0.00456. The molecule has 2 heterocycles. The summed E-state index contributed by atoms with van der Waals surface area (Å²) in [5.74, 6) is 0.780. The highest BCUT2D eigenvalue weighted by atomic mass is 32.2. The monoisotopic (exact) mass is 243 g/mol. The van der Waals surface area contributed by atoms with Crippen LogP contribution in [0.4, 0.5) is 0 Å². The molecule has 0 bridgehead atoms. The van der Waals surface area contributed by atoms with Gasteiger partial charge in [-0.3, -0.25) is 4.79 Å². The van der Waals surface area contributed by atoms with Crippen molar-refractivity contribution >= 4 is 15.6 Å². The molecule has 88 valence electrons. The lowest BCUT2D eigenvalue weighted by molar-refractivity contribution is 0.101. The van der Waals surface area contributed by atoms with Gasteiger partial charge >= 0.3 is 0 Å². The van der Waals surface area contributed by atoms with Crippen LogP contribution in [0.15, 0.2) is 10.7 Å². The summed E-state index contributed by atoms with van der Waals surface area (Å²) in [7, 11) is -2.89. The van der Waals surface area contributed by atoms with Crippen molar-refractivity contribution in [3.63, 3.8) is 0 Å². The lowest BCUT2D eigenvalue weighted by atomic mass is 9.96. The third kappa shape index (κ3) is 2.16. The summed E-state index contributed by atoms with van der Waals surface area (Å²) in [5.41, 5.74) is 0.476. The van der Waals surface area contributed by atoms with E-state index in [-0.39, 0.29) is 23.2 Å². The topological polar surface area (TPSA) is 77.2 Å². The lowest BCUT2D eigenvalue weighted by Crippen LogP contribution is -2.22. The van der Waals surface area contributed by atoms with Gasteiger partial charge in [-0.2, -0.15) is 0 Å². The van der Waals surface area contributed by atoms with Crippen LogP contribution in [0.5, 0.6) is 0 Å². The molecule has 5 nitrogen and oxygen atoms in total. The van der Waals surface area contributed by atoms with Gasteiger partial charge in [-0.1, -0.05) is 5.16 Å². The molecule has 0 radical (unpaired) electrons. The second kappa shape index (κ2) is 4.01. The van der Waals surface area contributed by atoms with Gasteiger partial charge in [0.25, 0.3) is 0 Å². The van der Waals surface area contributed by atoms with E-state index >= 15 is 0 Å². The first-order valence-electron chi connectivity index (χ1n) is 5.15. The molecule has 0 saturated carbocycles. The van der Waals surface area contributed by atoms with Crippen LogP contribution in [0.25, 0.3) is 0 Å². The fraction of sp³-hybridized carbons (Fsp3) is 0.600. The molecule has 16 heavy (non-hydrogen) atoms. The number of Topliss-reactive ketones (excluding diaryl/α,β-unsaturated/α-hetero) is 1. The molecule has 0 amide bonds. The van der Waals surface area contributed by atoms with Crippen LogP contribution in [0.3, 0.4) is 0 Å². The van der Waals surface area contributed by atoms with Gasteiger partial charge in [0, 0.05) is 5.92 Å². The SMILES string of the molecule is CC(=O)c1cnoc1C1CCS(=O)(=O)CC1. The van der Waals surface area contributed by atoms with E-state index in [1.54, 1.807) is 0 Å². The first-order chi connectivity index (χ1) is 7.49. The molecular weight excluding hydrogens is 230 g/mol. The van der Waals surface area contributed by atoms with Crippen LogP contribution in [0, 0.1) is 0 Å². The summed E-state index contributed by atoms with van der Waals surface area (Å²) in [5, 5.41) is 3.61. The van der Waals surface area contributed by atoms with Crippen molar-refractivity contribution in [2.75, 3.05) is 11.5 Å². The highest BCUT2D eigenvalue weighted by Gasteiger charge is 2.29. The van der Waals surface area contributed by atoms with Crippen molar-refractivity contribution in [3.05, 3.63) is 17.5 Å². The standard InChI is InChI=1S/C10H13NO4S/c1-7(12)9-6-11-15-10(9)8-2-4-16(13,14)5-3-8/h6,8H,2-5H2,1H3. The van der Waals surface area contributed by atoms with Crippen molar-refractivity contribution in [3.8, 4) is 0 Å². The van der Waals surface area contributed by atoms with Crippen molar-refractivity contribution in [1.29, 1.82) is 0 Å². The van der Waals surface area contributed by atoms with Gasteiger partial charge in [0.1, 0.15) is 9.84 Å². The molecule has 1 fully saturated rings. The third-order valence-corrected chi connectivity index (χ3v) is 4.62. The van der Waals surface area contributed by atoms with Crippen LogP contribution in [-0.4, -0.2) is 30.9 Å². The molecule has 0 unspecified atom stereocenters. The predicted molar refractivity (Wildman–Crippen MR) is 57.1 cm³/mol. The van der Waals surface area contributed by atoms with Gasteiger partial charge < -0.3 is 4.52 Å². The van der Waals surface area contributed by atoms with E-state index in [1.807, 2.05) is 0 Å². The molecule has 2 rings (SSSR count). The average Bonchev–Trinajstić information content (AvgIpc) is 2.66. The molecule has 1 aliphatic heterocycles. The Morgan fingerprint density at radius 2 is 2.06 bits per heavy atom. The second-order valence-corrected chi connectivity index (χ2v) is 6.39. The van der Waals surface area contributed by atoms with E-state index in [1.165, 1.54) is 13.1 Å². The number of carbonyl (C=O) groups excluding carboxylic acids is 1. The Labute approximate surface area is 93.7 Å². The summed E-state index contributed by atoms with van der Waals surface area (Å²) < 4.78 is 27.6. The maximum atomic E-state index is 11.3. The van der Waals surface area contributed by atoms with Crippen LogP contribution < -0.4 is 0 Å². The first kappa shape index (κ1) is 11.3. The Hall–Kier alpha value is -1.17. The largest absolute Gasteiger partial charge is 0.360 e. The molecule has 0 aliphatic carbocycles. The molecular formula is C10H13NO4S. The van der Waals surface area contributed by atoms with Crippen LogP contribution in [0.1, 0.15) is 41.8 Å². The van der Waals surface area contributed by atoms with Crippen LogP contribution >= 0.6 is 0 Å². The van der Waals surface area contributed by atoms with Gasteiger partial charge in [-0.05, 0) is 19.8 Å². The summed E-state index contributed by atoms with van der Waals surface area (Å²) in [6.45, 7) is 1.45. The molecule has 1 aromatic heterocycles. The first-order valence-corrected chi connectivity index (χ1v) is 6.97. The molecule has 1 aromatic rings. The van der Waals surface area contributed by atoms with Crippen LogP contribution in [-0.2, 0) is 9.84 Å². The molecule has 6 heteroatoms. The quantitative estimate of drug-likeness (QED) is 0.729. The summed E-state index contributed by atoms with van der Waals surface area (Å²) in [6.07, 6.45) is 2.43. The molecule has 1 saturated heterocycles. The summed E-state index contributed by atoms with van der Waals surface area (Å²) in [4.78, 5) is 11.3. The minimum Gasteiger partial charge on any atom is -0.360 e. The zero-order valence-electron chi connectivity index (χ0n) is 8.97. The molecule has 0 spiro atoms. The third-order valence-electron chi connectivity index (χ3n) is 2.90. The number of sulfone groups is 1. The number of nitrogens with zero attached hydrogens (tertiary/aromatic N) is 1. The number of aromatic nitrogens is 1. The van der Waals surface area contributed by atoms with Gasteiger partial charge in [0.2, 0.25) is 0 Å². The summed E-state index contributed by atoms with van der Waals surface area (Å²) in [6, 6.07) is 0. The highest BCUT2D eigenvalue weighted by molar-refractivity contribution is 7.91. The van der Waals surface area contributed by atoms with E-state index in [0.717, 1.165) is 0 Å². The Morgan fingerprint density at radius 1 is 1.44 bits per heavy atom. The number of hydrogen-bond donors (Lipinski definition) is 0. The Bertz CT molecular complexity index is 489. The molecule has 1 aliphatic rings. The van der Waals surface area contributed by atoms with Crippen molar-refractivity contribution < 1.29 is 17.7 Å². The minimum atomic E-state index is -2.89. The van der Waals surface area contributed by atoms with Crippen molar-refractivity contribution in [1.82, 2.24) is 5.16 Å². The Kier molecular flexibility index (Phi) is 2.84. The predicted octanol–water partition coefficient (Wildman–Crippen LogP) is 1.17. The van der Waals surface area contributed by atoms with Gasteiger partial charge in [-0.25, -0.2) is 8.42 Å². The maximum Gasteiger partial charge on any atom is 0.164 e. The van der Waals surface area contributed by atoms with E-state index in [2.05, 4.69) is 5.16 Å². The molecule has 0 aromatic carbocycles. The second-order valence-electron chi connectivity index (χ2n) is 4.09.